The van der Waals surface area contributed by atoms with Crippen LogP contribution < -0.4 is 10.1 Å². The Hall–Kier alpha value is -1.09. The minimum atomic E-state index is 0.685. The highest BCUT2D eigenvalue weighted by atomic mass is 16.5. The monoisotopic (exact) mass is 206 g/mol. The lowest BCUT2D eigenvalue weighted by molar-refractivity contribution is 0.239. The summed E-state index contributed by atoms with van der Waals surface area (Å²) in [6.07, 6.45) is 4.35. The lowest BCUT2D eigenvalue weighted by Crippen LogP contribution is -2.39. The summed E-state index contributed by atoms with van der Waals surface area (Å²) in [5, 5.41) is 3.52. The quantitative estimate of drug-likeness (QED) is 0.818. The Labute approximate surface area is 90.9 Å². The van der Waals surface area contributed by atoms with Crippen LogP contribution in [0.1, 0.15) is 25.3 Å². The molecule has 3 nitrogen and oxygen atoms in total. The SMILES string of the molecule is COc1ncccc1CNC1CC(C)C1. The largest absolute Gasteiger partial charge is 0.481 e. The van der Waals surface area contributed by atoms with E-state index in [-0.39, 0.29) is 0 Å². The lowest BCUT2D eigenvalue weighted by atomic mass is 9.82. The number of hydrogen-bond acceptors (Lipinski definition) is 3. The predicted molar refractivity (Wildman–Crippen MR) is 59.8 cm³/mol. The highest BCUT2D eigenvalue weighted by Crippen LogP contribution is 2.26. The molecule has 3 heteroatoms. The summed E-state index contributed by atoms with van der Waals surface area (Å²) in [5.74, 6) is 1.62. The number of nitrogens with one attached hydrogen (secondary N) is 1. The highest BCUT2D eigenvalue weighted by Gasteiger charge is 2.24. The van der Waals surface area contributed by atoms with Gasteiger partial charge in [-0.05, 0) is 24.8 Å². The van der Waals surface area contributed by atoms with Crippen molar-refractivity contribution in [2.24, 2.45) is 5.92 Å². The molecule has 0 radical (unpaired) electrons. The van der Waals surface area contributed by atoms with Crippen LogP contribution in [-0.4, -0.2) is 18.1 Å². The molecule has 82 valence electrons. The summed E-state index contributed by atoms with van der Waals surface area (Å²) in [6, 6.07) is 4.69. The fourth-order valence-electron chi connectivity index (χ4n) is 2.07. The van der Waals surface area contributed by atoms with Crippen molar-refractivity contribution in [3.8, 4) is 5.88 Å². The summed E-state index contributed by atoms with van der Waals surface area (Å²) in [6.45, 7) is 3.15. The molecular formula is C12H18N2O. The van der Waals surface area contributed by atoms with Crippen LogP contribution in [0, 0.1) is 5.92 Å². The Kier molecular flexibility index (Phi) is 3.21. The van der Waals surface area contributed by atoms with E-state index in [4.69, 9.17) is 4.74 Å². The molecule has 0 bridgehead atoms. The molecule has 2 rings (SSSR count). The van der Waals surface area contributed by atoms with Gasteiger partial charge in [0.2, 0.25) is 5.88 Å². The zero-order valence-electron chi connectivity index (χ0n) is 9.36. The molecule has 0 saturated heterocycles. The van der Waals surface area contributed by atoms with Gasteiger partial charge in [0.1, 0.15) is 0 Å². The highest BCUT2D eigenvalue weighted by molar-refractivity contribution is 5.25. The number of hydrogen-bond donors (Lipinski definition) is 1. The third-order valence-corrected chi connectivity index (χ3v) is 3.00. The average molecular weight is 206 g/mol. The van der Waals surface area contributed by atoms with E-state index in [1.165, 1.54) is 12.8 Å². The molecule has 0 aromatic carbocycles. The van der Waals surface area contributed by atoms with Gasteiger partial charge in [-0.1, -0.05) is 13.0 Å². The molecule has 1 fully saturated rings. The van der Waals surface area contributed by atoms with Gasteiger partial charge in [-0.3, -0.25) is 0 Å². The summed E-state index contributed by atoms with van der Waals surface area (Å²) in [5.41, 5.74) is 1.14. The number of aromatic nitrogens is 1. The van der Waals surface area contributed by atoms with Crippen molar-refractivity contribution >= 4 is 0 Å². The van der Waals surface area contributed by atoms with E-state index in [2.05, 4.69) is 23.3 Å². The number of pyridine rings is 1. The second-order valence-electron chi connectivity index (χ2n) is 4.33. The van der Waals surface area contributed by atoms with E-state index >= 15 is 0 Å². The molecule has 1 aromatic heterocycles. The van der Waals surface area contributed by atoms with Crippen molar-refractivity contribution in [2.45, 2.75) is 32.4 Å². The van der Waals surface area contributed by atoms with Gasteiger partial charge in [0.25, 0.3) is 0 Å². The van der Waals surface area contributed by atoms with Crippen LogP contribution in [0.2, 0.25) is 0 Å². The zero-order chi connectivity index (χ0) is 10.7. The second-order valence-corrected chi connectivity index (χ2v) is 4.33. The fourth-order valence-corrected chi connectivity index (χ4v) is 2.07. The lowest BCUT2D eigenvalue weighted by Gasteiger charge is -2.33. The number of nitrogens with zero attached hydrogens (tertiary/aromatic N) is 1. The van der Waals surface area contributed by atoms with Gasteiger partial charge in [-0.2, -0.15) is 0 Å². The summed E-state index contributed by atoms with van der Waals surface area (Å²) < 4.78 is 5.20. The Morgan fingerprint density at radius 2 is 2.33 bits per heavy atom. The Bertz CT molecular complexity index is 321. The van der Waals surface area contributed by atoms with Crippen molar-refractivity contribution in [3.05, 3.63) is 23.9 Å². The summed E-state index contributed by atoms with van der Waals surface area (Å²) in [7, 11) is 1.66. The van der Waals surface area contributed by atoms with Crippen LogP contribution in [0.25, 0.3) is 0 Å². The van der Waals surface area contributed by atoms with Crippen molar-refractivity contribution in [2.75, 3.05) is 7.11 Å². The Balaban J connectivity index is 1.87. The van der Waals surface area contributed by atoms with E-state index in [9.17, 15) is 0 Å². The van der Waals surface area contributed by atoms with Gasteiger partial charge >= 0.3 is 0 Å². The third kappa shape index (κ3) is 2.48. The first-order valence-electron chi connectivity index (χ1n) is 5.51. The fraction of sp³-hybridized carbons (Fsp3) is 0.583. The topological polar surface area (TPSA) is 34.1 Å². The molecule has 0 spiro atoms. The smallest absolute Gasteiger partial charge is 0.217 e. The molecule has 0 aliphatic heterocycles. The first-order valence-corrected chi connectivity index (χ1v) is 5.51. The van der Waals surface area contributed by atoms with Crippen LogP contribution in [-0.2, 0) is 6.54 Å². The van der Waals surface area contributed by atoms with Crippen LogP contribution in [0.15, 0.2) is 18.3 Å². The number of rotatable bonds is 4. The van der Waals surface area contributed by atoms with Gasteiger partial charge in [0, 0.05) is 24.3 Å². The Morgan fingerprint density at radius 3 is 3.00 bits per heavy atom. The van der Waals surface area contributed by atoms with Crippen LogP contribution in [0.3, 0.4) is 0 Å². The van der Waals surface area contributed by atoms with Crippen molar-refractivity contribution in [1.29, 1.82) is 0 Å². The van der Waals surface area contributed by atoms with Crippen molar-refractivity contribution in [1.82, 2.24) is 10.3 Å². The normalized spacial score (nSPS) is 24.7. The molecular weight excluding hydrogens is 188 g/mol. The molecule has 15 heavy (non-hydrogen) atoms. The van der Waals surface area contributed by atoms with Gasteiger partial charge in [-0.15, -0.1) is 0 Å². The molecule has 0 amide bonds. The van der Waals surface area contributed by atoms with Gasteiger partial charge in [0.15, 0.2) is 0 Å². The van der Waals surface area contributed by atoms with E-state index in [1.54, 1.807) is 13.3 Å². The minimum Gasteiger partial charge on any atom is -0.481 e. The summed E-state index contributed by atoms with van der Waals surface area (Å²) in [4.78, 5) is 4.17. The van der Waals surface area contributed by atoms with E-state index in [1.807, 2.05) is 6.07 Å². The Morgan fingerprint density at radius 1 is 1.53 bits per heavy atom. The van der Waals surface area contributed by atoms with E-state index in [0.29, 0.717) is 6.04 Å². The standard InChI is InChI=1S/C12H18N2O/c1-9-6-11(7-9)14-8-10-4-3-5-13-12(10)15-2/h3-5,9,11,14H,6-8H2,1-2H3. The zero-order valence-corrected chi connectivity index (χ0v) is 9.36. The molecule has 1 heterocycles. The number of methoxy groups -OCH3 is 1. The van der Waals surface area contributed by atoms with Crippen LogP contribution in [0.5, 0.6) is 5.88 Å². The molecule has 1 saturated carbocycles. The number of ether oxygens (including phenoxy) is 1. The molecule has 0 atom stereocenters. The molecule has 1 N–H and O–H groups in total. The van der Waals surface area contributed by atoms with E-state index < -0.39 is 0 Å². The first-order chi connectivity index (χ1) is 7.29. The van der Waals surface area contributed by atoms with E-state index in [0.717, 1.165) is 23.9 Å². The maximum Gasteiger partial charge on any atom is 0.217 e. The molecule has 1 aliphatic carbocycles. The second kappa shape index (κ2) is 4.62. The average Bonchev–Trinajstić information content (AvgIpc) is 2.23. The predicted octanol–water partition coefficient (Wildman–Crippen LogP) is 1.98. The summed E-state index contributed by atoms with van der Waals surface area (Å²) >= 11 is 0. The maximum absolute atomic E-state index is 5.20. The molecule has 0 unspecified atom stereocenters. The van der Waals surface area contributed by atoms with Gasteiger partial charge in [0.05, 0.1) is 7.11 Å². The van der Waals surface area contributed by atoms with Gasteiger partial charge in [-0.25, -0.2) is 4.98 Å². The minimum absolute atomic E-state index is 0.685. The maximum atomic E-state index is 5.20. The molecule has 1 aliphatic rings. The van der Waals surface area contributed by atoms with Crippen LogP contribution >= 0.6 is 0 Å². The van der Waals surface area contributed by atoms with Crippen LogP contribution in [0.4, 0.5) is 0 Å². The van der Waals surface area contributed by atoms with Crippen molar-refractivity contribution < 1.29 is 4.74 Å². The third-order valence-electron chi connectivity index (χ3n) is 3.00. The van der Waals surface area contributed by atoms with Gasteiger partial charge < -0.3 is 10.1 Å². The first kappa shape index (κ1) is 10.4. The molecule has 1 aromatic rings. The van der Waals surface area contributed by atoms with Crippen molar-refractivity contribution in [3.63, 3.8) is 0 Å².